The number of fused-ring (bicyclic) bond motifs is 1. The van der Waals surface area contributed by atoms with E-state index in [1.807, 2.05) is 0 Å². The number of benzene rings is 2. The minimum Gasteiger partial charge on any atom is -0.411 e. The van der Waals surface area contributed by atoms with Gasteiger partial charge in [-0.15, -0.1) is 0 Å². The van der Waals surface area contributed by atoms with Gasteiger partial charge in [0.25, 0.3) is 5.91 Å². The first-order valence-corrected chi connectivity index (χ1v) is 10.2. The first-order chi connectivity index (χ1) is 14.2. The van der Waals surface area contributed by atoms with E-state index in [2.05, 4.69) is 52.8 Å². The molecule has 1 saturated heterocycles. The molecule has 5 nitrogen and oxygen atoms in total. The quantitative estimate of drug-likeness (QED) is 0.475. The second kappa shape index (κ2) is 8.62. The van der Waals surface area contributed by atoms with Crippen LogP contribution in [0, 0.1) is 5.92 Å². The van der Waals surface area contributed by atoms with Crippen LogP contribution in [0.3, 0.4) is 0 Å². The number of nitrogens with zero attached hydrogens (tertiary/aromatic N) is 2. The van der Waals surface area contributed by atoms with Crippen LogP contribution >= 0.6 is 0 Å². The predicted molar refractivity (Wildman–Crippen MR) is 115 cm³/mol. The standard InChI is InChI=1S/C24H27N3O2/c1-27-14-13-21-20(18-5-3-2-4-6-18)11-12-23(22(21)16-27)26-24(28)19-9-7-17(8-10-19)15-25-29/h2-10,15,22-23,29H,11-14,16H2,1H3,(H,26,28)/b25-15+/t22-,23?/m0/s1. The number of hydrogen-bond donors (Lipinski definition) is 2. The lowest BCUT2D eigenvalue weighted by molar-refractivity contribution is 0.0909. The predicted octanol–water partition coefficient (Wildman–Crippen LogP) is 3.79. The van der Waals surface area contributed by atoms with Crippen molar-refractivity contribution < 1.29 is 10.0 Å². The summed E-state index contributed by atoms with van der Waals surface area (Å²) in [5.41, 5.74) is 5.70. The Morgan fingerprint density at radius 1 is 1.14 bits per heavy atom. The molecule has 0 radical (unpaired) electrons. The molecule has 1 fully saturated rings. The maximum absolute atomic E-state index is 12.9. The van der Waals surface area contributed by atoms with Crippen molar-refractivity contribution in [2.75, 3.05) is 20.1 Å². The Labute approximate surface area is 171 Å². The molecule has 2 aromatic rings. The fourth-order valence-corrected chi connectivity index (χ4v) is 4.62. The minimum absolute atomic E-state index is 0.0433. The zero-order valence-electron chi connectivity index (χ0n) is 16.7. The van der Waals surface area contributed by atoms with Crippen LogP contribution in [0.25, 0.3) is 5.57 Å². The molecule has 2 N–H and O–H groups in total. The van der Waals surface area contributed by atoms with Crippen molar-refractivity contribution in [3.63, 3.8) is 0 Å². The van der Waals surface area contributed by atoms with Gasteiger partial charge < -0.3 is 15.4 Å². The fourth-order valence-electron chi connectivity index (χ4n) is 4.62. The molecular formula is C24H27N3O2. The Balaban J connectivity index is 1.55. The van der Waals surface area contributed by atoms with E-state index < -0.39 is 0 Å². The van der Waals surface area contributed by atoms with Crippen LogP contribution in [-0.2, 0) is 0 Å². The number of piperidine rings is 1. The largest absolute Gasteiger partial charge is 0.411 e. The monoisotopic (exact) mass is 389 g/mol. The first kappa shape index (κ1) is 19.4. The number of nitrogens with one attached hydrogen (secondary N) is 1. The Kier molecular flexibility index (Phi) is 5.76. The SMILES string of the molecule is CN1CCC2=C(c3ccccc3)CCC(NC(=O)c3ccc(/C=N/O)cc3)[C@H]2C1. The summed E-state index contributed by atoms with van der Waals surface area (Å²) >= 11 is 0. The first-order valence-electron chi connectivity index (χ1n) is 10.2. The lowest BCUT2D eigenvalue weighted by Crippen LogP contribution is -2.49. The topological polar surface area (TPSA) is 64.9 Å². The number of carbonyl (C=O) groups excluding carboxylic acids is 1. The molecule has 0 bridgehead atoms. The summed E-state index contributed by atoms with van der Waals surface area (Å²) in [4.78, 5) is 15.2. The lowest BCUT2D eigenvalue weighted by Gasteiger charge is -2.42. The highest BCUT2D eigenvalue weighted by molar-refractivity contribution is 5.95. The van der Waals surface area contributed by atoms with Gasteiger partial charge in [0.15, 0.2) is 0 Å². The molecule has 2 aromatic carbocycles. The summed E-state index contributed by atoms with van der Waals surface area (Å²) in [5.74, 6) is 0.306. The van der Waals surface area contributed by atoms with Gasteiger partial charge in [0.2, 0.25) is 0 Å². The molecule has 29 heavy (non-hydrogen) atoms. The van der Waals surface area contributed by atoms with Crippen LogP contribution < -0.4 is 5.32 Å². The van der Waals surface area contributed by atoms with E-state index in [1.54, 1.807) is 24.3 Å². The molecule has 0 aromatic heterocycles. The van der Waals surface area contributed by atoms with E-state index in [1.165, 1.54) is 22.9 Å². The molecule has 1 heterocycles. The van der Waals surface area contributed by atoms with Crippen molar-refractivity contribution in [1.82, 2.24) is 10.2 Å². The second-order valence-electron chi connectivity index (χ2n) is 7.97. The Bertz CT molecular complexity index is 919. The molecule has 1 amide bonds. The van der Waals surface area contributed by atoms with Gasteiger partial charge in [0, 0.05) is 30.6 Å². The summed E-state index contributed by atoms with van der Waals surface area (Å²) in [5, 5.41) is 15.0. The zero-order valence-corrected chi connectivity index (χ0v) is 16.7. The van der Waals surface area contributed by atoms with Crippen molar-refractivity contribution >= 4 is 17.7 Å². The molecule has 1 aliphatic carbocycles. The Morgan fingerprint density at radius 3 is 2.62 bits per heavy atom. The number of rotatable bonds is 4. The highest BCUT2D eigenvalue weighted by Gasteiger charge is 2.36. The third-order valence-electron chi connectivity index (χ3n) is 6.12. The van der Waals surface area contributed by atoms with Gasteiger partial charge in [-0.3, -0.25) is 4.79 Å². The molecule has 4 rings (SSSR count). The third-order valence-corrected chi connectivity index (χ3v) is 6.12. The molecule has 1 unspecified atom stereocenters. The molecule has 0 saturated carbocycles. The molecule has 2 atom stereocenters. The number of likely N-dealkylation sites (tertiary alicyclic amines) is 1. The maximum atomic E-state index is 12.9. The van der Waals surface area contributed by atoms with Gasteiger partial charge in [-0.05, 0) is 55.1 Å². The number of amides is 1. The van der Waals surface area contributed by atoms with Crippen LogP contribution in [0.4, 0.5) is 0 Å². The maximum Gasteiger partial charge on any atom is 0.251 e. The lowest BCUT2D eigenvalue weighted by atomic mass is 9.74. The van der Waals surface area contributed by atoms with Crippen molar-refractivity contribution in [3.8, 4) is 0 Å². The van der Waals surface area contributed by atoms with E-state index >= 15 is 0 Å². The van der Waals surface area contributed by atoms with E-state index in [9.17, 15) is 4.79 Å². The van der Waals surface area contributed by atoms with E-state index in [0.29, 0.717) is 11.5 Å². The Morgan fingerprint density at radius 2 is 1.90 bits per heavy atom. The van der Waals surface area contributed by atoms with Crippen LogP contribution in [0.2, 0.25) is 0 Å². The minimum atomic E-state index is -0.0433. The van der Waals surface area contributed by atoms with Crippen LogP contribution in [-0.4, -0.2) is 48.4 Å². The molecule has 1 aliphatic heterocycles. The second-order valence-corrected chi connectivity index (χ2v) is 7.97. The third kappa shape index (κ3) is 4.25. The van der Waals surface area contributed by atoms with Crippen molar-refractivity contribution in [2.45, 2.75) is 25.3 Å². The average molecular weight is 389 g/mol. The number of oxime groups is 1. The van der Waals surface area contributed by atoms with Gasteiger partial charge >= 0.3 is 0 Å². The summed E-state index contributed by atoms with van der Waals surface area (Å²) < 4.78 is 0. The van der Waals surface area contributed by atoms with E-state index in [-0.39, 0.29) is 11.9 Å². The molecular weight excluding hydrogens is 362 g/mol. The van der Waals surface area contributed by atoms with Gasteiger partial charge in [-0.25, -0.2) is 0 Å². The number of allylic oxidation sites excluding steroid dienone is 1. The molecule has 150 valence electrons. The highest BCUT2D eigenvalue weighted by atomic mass is 16.4. The summed E-state index contributed by atoms with van der Waals surface area (Å²) in [6, 6.07) is 17.9. The van der Waals surface area contributed by atoms with Crippen molar-refractivity contribution in [2.24, 2.45) is 11.1 Å². The molecule has 2 aliphatic rings. The van der Waals surface area contributed by atoms with E-state index in [4.69, 9.17) is 5.21 Å². The van der Waals surface area contributed by atoms with E-state index in [0.717, 1.165) is 37.9 Å². The van der Waals surface area contributed by atoms with Gasteiger partial charge in [0.1, 0.15) is 0 Å². The summed E-state index contributed by atoms with van der Waals surface area (Å²) in [7, 11) is 2.16. The van der Waals surface area contributed by atoms with Gasteiger partial charge in [-0.1, -0.05) is 53.2 Å². The average Bonchev–Trinajstić information content (AvgIpc) is 2.75. The summed E-state index contributed by atoms with van der Waals surface area (Å²) in [6.45, 7) is 2.04. The molecule has 5 heteroatoms. The van der Waals surface area contributed by atoms with Gasteiger partial charge in [0.05, 0.1) is 6.21 Å². The van der Waals surface area contributed by atoms with Crippen LogP contribution in [0.15, 0.2) is 65.3 Å². The summed E-state index contributed by atoms with van der Waals surface area (Å²) in [6.07, 6.45) is 4.36. The van der Waals surface area contributed by atoms with Crippen LogP contribution in [0.1, 0.15) is 40.7 Å². The van der Waals surface area contributed by atoms with Crippen molar-refractivity contribution in [1.29, 1.82) is 0 Å². The smallest absolute Gasteiger partial charge is 0.251 e. The molecule has 0 spiro atoms. The van der Waals surface area contributed by atoms with Gasteiger partial charge in [-0.2, -0.15) is 0 Å². The zero-order chi connectivity index (χ0) is 20.2. The number of hydrogen-bond acceptors (Lipinski definition) is 4. The normalized spacial score (nSPS) is 22.5. The van der Waals surface area contributed by atoms with Crippen LogP contribution in [0.5, 0.6) is 0 Å². The number of carbonyl (C=O) groups is 1. The Hall–Kier alpha value is -2.92. The highest BCUT2D eigenvalue weighted by Crippen LogP contribution is 2.40. The fraction of sp³-hybridized carbons (Fsp3) is 0.333. The van der Waals surface area contributed by atoms with Crippen molar-refractivity contribution in [3.05, 3.63) is 76.9 Å².